The van der Waals surface area contributed by atoms with Crippen LogP contribution >= 0.6 is 23.2 Å². The first kappa shape index (κ1) is 17.9. The quantitative estimate of drug-likeness (QED) is 0.620. The maximum absolute atomic E-state index is 13.3. The van der Waals surface area contributed by atoms with Gasteiger partial charge in [0.25, 0.3) is 0 Å². The second-order valence-corrected chi connectivity index (χ2v) is 6.90. The molecular weight excluding hydrogens is 399 g/mol. The maximum atomic E-state index is 13.3. The Kier molecular flexibility index (Phi) is 4.57. The number of hydrogen-bond donors (Lipinski definition) is 0. The summed E-state index contributed by atoms with van der Waals surface area (Å²) in [4.78, 5) is 18.1. The molecule has 1 aliphatic rings. The first-order valence-corrected chi connectivity index (χ1v) is 8.72. The van der Waals surface area contributed by atoms with E-state index < -0.39 is 11.6 Å². The Morgan fingerprint density at radius 2 is 1.93 bits per heavy atom. The number of anilines is 1. The Hall–Kier alpha value is -2.51. The fraction of sp³-hybridized carbons (Fsp3) is 0.167. The molecule has 0 bridgehead atoms. The second kappa shape index (κ2) is 6.90. The molecule has 1 atom stereocenters. The molecule has 0 N–H and O–H groups in total. The third-order valence-electron chi connectivity index (χ3n) is 4.29. The van der Waals surface area contributed by atoms with E-state index in [9.17, 15) is 13.6 Å². The van der Waals surface area contributed by atoms with Crippen molar-refractivity contribution in [3.63, 3.8) is 0 Å². The lowest BCUT2D eigenvalue weighted by atomic mass is 10.1. The van der Waals surface area contributed by atoms with E-state index in [1.54, 1.807) is 0 Å². The number of carbonyl (C=O) groups excluding carboxylic acids is 1. The standard InChI is InChI=1S/C18H11Cl2F2N3O2/c19-12-5-9(1-3-14(12)22)17-23-18(27-24-17)10-6-16(26)25(8-10)15-4-2-11(21)7-13(15)20/h1-5,7,10H,6,8H2. The zero-order valence-electron chi connectivity index (χ0n) is 13.6. The van der Waals surface area contributed by atoms with Gasteiger partial charge >= 0.3 is 0 Å². The summed E-state index contributed by atoms with van der Waals surface area (Å²) >= 11 is 11.8. The van der Waals surface area contributed by atoms with Crippen molar-refractivity contribution in [3.05, 3.63) is 64.0 Å². The summed E-state index contributed by atoms with van der Waals surface area (Å²) in [6.45, 7) is 0.274. The monoisotopic (exact) mass is 409 g/mol. The molecule has 1 aliphatic heterocycles. The summed E-state index contributed by atoms with van der Waals surface area (Å²) in [6, 6.07) is 7.95. The molecule has 0 spiro atoms. The van der Waals surface area contributed by atoms with Gasteiger partial charge in [-0.25, -0.2) is 8.78 Å². The number of hydrogen-bond acceptors (Lipinski definition) is 4. The lowest BCUT2D eigenvalue weighted by Crippen LogP contribution is -2.24. The van der Waals surface area contributed by atoms with Crippen LogP contribution in [0, 0.1) is 11.6 Å². The summed E-state index contributed by atoms with van der Waals surface area (Å²) in [6.07, 6.45) is 0.152. The number of aromatic nitrogens is 2. The Morgan fingerprint density at radius 1 is 1.11 bits per heavy atom. The normalized spacial score (nSPS) is 17.0. The fourth-order valence-electron chi connectivity index (χ4n) is 2.96. The van der Waals surface area contributed by atoms with E-state index in [-0.39, 0.29) is 46.6 Å². The topological polar surface area (TPSA) is 59.2 Å². The van der Waals surface area contributed by atoms with Crippen molar-refractivity contribution >= 4 is 34.8 Å². The number of amides is 1. The van der Waals surface area contributed by atoms with E-state index in [2.05, 4.69) is 10.1 Å². The Bertz CT molecular complexity index is 1040. The molecule has 9 heteroatoms. The predicted octanol–water partition coefficient (Wildman–Crippen LogP) is 4.84. The van der Waals surface area contributed by atoms with Gasteiger partial charge in [-0.2, -0.15) is 4.98 Å². The fourth-order valence-corrected chi connectivity index (χ4v) is 3.41. The maximum Gasteiger partial charge on any atom is 0.232 e. The van der Waals surface area contributed by atoms with E-state index in [1.165, 1.54) is 35.2 Å². The number of carbonyl (C=O) groups is 1. The van der Waals surface area contributed by atoms with Crippen LogP contribution in [0.4, 0.5) is 14.5 Å². The van der Waals surface area contributed by atoms with Crippen LogP contribution in [-0.2, 0) is 4.79 Å². The number of rotatable bonds is 3. The number of benzene rings is 2. The van der Waals surface area contributed by atoms with Gasteiger partial charge in [-0.05, 0) is 36.4 Å². The summed E-state index contributed by atoms with van der Waals surface area (Å²) in [5.74, 6) is -1.02. The van der Waals surface area contributed by atoms with Crippen molar-refractivity contribution < 1.29 is 18.1 Å². The molecule has 1 fully saturated rings. The largest absolute Gasteiger partial charge is 0.339 e. The predicted molar refractivity (Wildman–Crippen MR) is 95.8 cm³/mol. The van der Waals surface area contributed by atoms with E-state index in [0.29, 0.717) is 11.3 Å². The molecule has 2 aromatic carbocycles. The minimum atomic E-state index is -0.544. The smallest absolute Gasteiger partial charge is 0.232 e. The lowest BCUT2D eigenvalue weighted by molar-refractivity contribution is -0.117. The first-order chi connectivity index (χ1) is 12.9. The molecule has 1 unspecified atom stereocenters. The summed E-state index contributed by atoms with van der Waals surface area (Å²) < 4.78 is 31.8. The molecule has 4 rings (SSSR count). The van der Waals surface area contributed by atoms with Gasteiger partial charge in [-0.15, -0.1) is 0 Å². The molecule has 1 aromatic heterocycles. The van der Waals surface area contributed by atoms with Crippen molar-refractivity contribution in [2.45, 2.75) is 12.3 Å². The van der Waals surface area contributed by atoms with Crippen LogP contribution in [0.15, 0.2) is 40.9 Å². The van der Waals surface area contributed by atoms with Crippen LogP contribution in [0.5, 0.6) is 0 Å². The molecule has 0 aliphatic carbocycles. The van der Waals surface area contributed by atoms with Gasteiger partial charge in [0, 0.05) is 18.5 Å². The minimum Gasteiger partial charge on any atom is -0.339 e. The molecule has 1 amide bonds. The first-order valence-electron chi connectivity index (χ1n) is 7.97. The van der Waals surface area contributed by atoms with Gasteiger partial charge in [-0.1, -0.05) is 28.4 Å². The third-order valence-corrected chi connectivity index (χ3v) is 4.89. The van der Waals surface area contributed by atoms with Crippen molar-refractivity contribution in [2.75, 3.05) is 11.4 Å². The average Bonchev–Trinajstić information content (AvgIpc) is 3.25. The molecule has 0 saturated carbocycles. The minimum absolute atomic E-state index is 0.0491. The molecular formula is C18H11Cl2F2N3O2. The Morgan fingerprint density at radius 3 is 2.67 bits per heavy atom. The van der Waals surface area contributed by atoms with Gasteiger partial charge in [0.05, 0.1) is 21.7 Å². The van der Waals surface area contributed by atoms with E-state index in [4.69, 9.17) is 27.7 Å². The molecule has 3 aromatic rings. The summed E-state index contributed by atoms with van der Waals surface area (Å²) in [5.41, 5.74) is 0.926. The highest BCUT2D eigenvalue weighted by Crippen LogP contribution is 2.35. The highest BCUT2D eigenvalue weighted by atomic mass is 35.5. The zero-order valence-corrected chi connectivity index (χ0v) is 15.1. The van der Waals surface area contributed by atoms with Gasteiger partial charge in [0.15, 0.2) is 0 Å². The second-order valence-electron chi connectivity index (χ2n) is 6.09. The Balaban J connectivity index is 1.57. The zero-order chi connectivity index (χ0) is 19.1. The van der Waals surface area contributed by atoms with Crippen molar-refractivity contribution in [2.24, 2.45) is 0 Å². The van der Waals surface area contributed by atoms with E-state index in [0.717, 1.165) is 6.07 Å². The molecule has 27 heavy (non-hydrogen) atoms. The number of halogens is 4. The molecule has 2 heterocycles. The summed E-state index contributed by atoms with van der Waals surface area (Å²) in [7, 11) is 0. The highest BCUT2D eigenvalue weighted by Gasteiger charge is 2.36. The van der Waals surface area contributed by atoms with Crippen LogP contribution in [0.1, 0.15) is 18.2 Å². The van der Waals surface area contributed by atoms with E-state index in [1.807, 2.05) is 0 Å². The van der Waals surface area contributed by atoms with Crippen LogP contribution in [0.3, 0.4) is 0 Å². The number of nitrogens with zero attached hydrogens (tertiary/aromatic N) is 3. The highest BCUT2D eigenvalue weighted by molar-refractivity contribution is 6.34. The lowest BCUT2D eigenvalue weighted by Gasteiger charge is -2.17. The van der Waals surface area contributed by atoms with Crippen molar-refractivity contribution in [3.8, 4) is 11.4 Å². The van der Waals surface area contributed by atoms with E-state index >= 15 is 0 Å². The van der Waals surface area contributed by atoms with Gasteiger partial charge in [0.1, 0.15) is 11.6 Å². The van der Waals surface area contributed by atoms with Gasteiger partial charge in [0.2, 0.25) is 17.6 Å². The van der Waals surface area contributed by atoms with Crippen LogP contribution < -0.4 is 4.90 Å². The molecule has 0 radical (unpaired) electrons. The SMILES string of the molecule is O=C1CC(c2nc(-c3ccc(F)c(Cl)c3)no2)CN1c1ccc(F)cc1Cl. The van der Waals surface area contributed by atoms with Crippen molar-refractivity contribution in [1.82, 2.24) is 10.1 Å². The molecule has 5 nitrogen and oxygen atoms in total. The third kappa shape index (κ3) is 3.40. The average molecular weight is 410 g/mol. The van der Waals surface area contributed by atoms with Gasteiger partial charge < -0.3 is 9.42 Å². The summed E-state index contributed by atoms with van der Waals surface area (Å²) in [5, 5.41) is 3.98. The van der Waals surface area contributed by atoms with Gasteiger partial charge in [-0.3, -0.25) is 4.79 Å². The molecule has 138 valence electrons. The van der Waals surface area contributed by atoms with Crippen molar-refractivity contribution in [1.29, 1.82) is 0 Å². The Labute approximate surface area is 162 Å². The van der Waals surface area contributed by atoms with Crippen LogP contribution in [-0.4, -0.2) is 22.6 Å². The molecule has 1 saturated heterocycles. The van der Waals surface area contributed by atoms with Crippen LogP contribution in [0.25, 0.3) is 11.4 Å². The van der Waals surface area contributed by atoms with Crippen LogP contribution in [0.2, 0.25) is 10.0 Å².